The van der Waals surface area contributed by atoms with Gasteiger partial charge in [0.05, 0.1) is 6.26 Å². The van der Waals surface area contributed by atoms with E-state index in [0.29, 0.717) is 11.8 Å². The second kappa shape index (κ2) is 5.81. The number of aryl methyl sites for hydroxylation is 1. The summed E-state index contributed by atoms with van der Waals surface area (Å²) in [4.78, 5) is 0. The van der Waals surface area contributed by atoms with Gasteiger partial charge in [0.25, 0.3) is 0 Å². The van der Waals surface area contributed by atoms with Crippen LogP contribution in [-0.2, 0) is 11.8 Å². The zero-order valence-corrected chi connectivity index (χ0v) is 11.8. The summed E-state index contributed by atoms with van der Waals surface area (Å²) in [6.07, 6.45) is 2.40. The van der Waals surface area contributed by atoms with Crippen molar-refractivity contribution in [3.63, 3.8) is 0 Å². The largest absolute Gasteiger partial charge is 0.469 e. The zero-order chi connectivity index (χ0) is 13.0. The molecule has 0 bridgehead atoms. The Hall–Kier alpha value is -0.920. The van der Waals surface area contributed by atoms with Crippen molar-refractivity contribution in [3.05, 3.63) is 59.5 Å². The standard InChI is InChI=1S/C15H16Cl2O/c1-12-5-2-3-7-14(12)15(10-16,11-17)9-13-6-4-8-18-13/h2-8H,9-11H2,1H3. The molecule has 0 aliphatic carbocycles. The highest BCUT2D eigenvalue weighted by atomic mass is 35.5. The Labute approximate surface area is 118 Å². The van der Waals surface area contributed by atoms with E-state index in [1.165, 1.54) is 11.1 Å². The first-order valence-corrected chi connectivity index (χ1v) is 6.99. The molecule has 18 heavy (non-hydrogen) atoms. The molecule has 0 N–H and O–H groups in total. The minimum absolute atomic E-state index is 0.272. The van der Waals surface area contributed by atoms with Gasteiger partial charge in [-0.3, -0.25) is 0 Å². The van der Waals surface area contributed by atoms with Crippen LogP contribution < -0.4 is 0 Å². The highest BCUT2D eigenvalue weighted by molar-refractivity contribution is 6.22. The van der Waals surface area contributed by atoms with Gasteiger partial charge in [-0.25, -0.2) is 0 Å². The maximum Gasteiger partial charge on any atom is 0.104 e. The zero-order valence-electron chi connectivity index (χ0n) is 10.3. The van der Waals surface area contributed by atoms with Gasteiger partial charge >= 0.3 is 0 Å². The molecule has 96 valence electrons. The first kappa shape index (κ1) is 13.5. The maximum absolute atomic E-state index is 6.22. The molecule has 0 amide bonds. The Morgan fingerprint density at radius 3 is 2.33 bits per heavy atom. The van der Waals surface area contributed by atoms with Gasteiger partial charge < -0.3 is 4.42 Å². The summed E-state index contributed by atoms with van der Waals surface area (Å²) in [7, 11) is 0. The van der Waals surface area contributed by atoms with Crippen LogP contribution in [0.25, 0.3) is 0 Å². The highest BCUT2D eigenvalue weighted by Gasteiger charge is 2.33. The number of alkyl halides is 2. The van der Waals surface area contributed by atoms with Gasteiger partial charge in [0.1, 0.15) is 5.76 Å². The molecular weight excluding hydrogens is 267 g/mol. The van der Waals surface area contributed by atoms with E-state index in [-0.39, 0.29) is 5.41 Å². The van der Waals surface area contributed by atoms with Gasteiger partial charge in [0, 0.05) is 23.6 Å². The van der Waals surface area contributed by atoms with Gasteiger partial charge in [-0.1, -0.05) is 24.3 Å². The van der Waals surface area contributed by atoms with Crippen LogP contribution >= 0.6 is 23.2 Å². The van der Waals surface area contributed by atoms with Crippen LogP contribution in [-0.4, -0.2) is 11.8 Å². The third-order valence-electron chi connectivity index (χ3n) is 3.32. The average molecular weight is 283 g/mol. The van der Waals surface area contributed by atoms with Crippen molar-refractivity contribution in [1.29, 1.82) is 0 Å². The lowest BCUT2D eigenvalue weighted by Crippen LogP contribution is -2.34. The number of furan rings is 1. The van der Waals surface area contributed by atoms with Crippen LogP contribution in [0.3, 0.4) is 0 Å². The van der Waals surface area contributed by atoms with E-state index >= 15 is 0 Å². The molecule has 0 radical (unpaired) electrons. The fourth-order valence-corrected chi connectivity index (χ4v) is 3.05. The first-order chi connectivity index (χ1) is 8.72. The average Bonchev–Trinajstić information content (AvgIpc) is 2.90. The number of hydrogen-bond donors (Lipinski definition) is 0. The molecule has 1 nitrogen and oxygen atoms in total. The van der Waals surface area contributed by atoms with E-state index in [1.54, 1.807) is 6.26 Å². The molecule has 0 aliphatic rings. The van der Waals surface area contributed by atoms with Crippen LogP contribution in [0.2, 0.25) is 0 Å². The molecule has 0 unspecified atom stereocenters. The van der Waals surface area contributed by atoms with Gasteiger partial charge in [-0.05, 0) is 30.2 Å². The lowest BCUT2D eigenvalue weighted by molar-refractivity contribution is 0.436. The summed E-state index contributed by atoms with van der Waals surface area (Å²) in [6.45, 7) is 2.09. The third-order valence-corrected chi connectivity index (χ3v) is 4.34. The van der Waals surface area contributed by atoms with E-state index in [0.717, 1.165) is 12.2 Å². The van der Waals surface area contributed by atoms with Crippen molar-refractivity contribution in [2.45, 2.75) is 18.8 Å². The molecule has 0 atom stereocenters. The number of benzene rings is 1. The normalized spacial score (nSPS) is 11.7. The van der Waals surface area contributed by atoms with Gasteiger partial charge in [0.2, 0.25) is 0 Å². The molecule has 0 fully saturated rings. The molecule has 1 heterocycles. The van der Waals surface area contributed by atoms with E-state index < -0.39 is 0 Å². The third kappa shape index (κ3) is 2.57. The van der Waals surface area contributed by atoms with Crippen LogP contribution in [0.1, 0.15) is 16.9 Å². The Balaban J connectivity index is 2.40. The summed E-state index contributed by atoms with van der Waals surface area (Å²) in [5.74, 6) is 1.86. The monoisotopic (exact) mass is 282 g/mol. The lowest BCUT2D eigenvalue weighted by atomic mass is 9.78. The molecular formula is C15H16Cl2O. The fourth-order valence-electron chi connectivity index (χ4n) is 2.28. The lowest BCUT2D eigenvalue weighted by Gasteiger charge is -2.31. The summed E-state index contributed by atoms with van der Waals surface area (Å²) in [6, 6.07) is 12.1. The molecule has 1 aromatic carbocycles. The van der Waals surface area contributed by atoms with E-state index in [1.807, 2.05) is 24.3 Å². The van der Waals surface area contributed by atoms with Crippen LogP contribution in [0.5, 0.6) is 0 Å². The van der Waals surface area contributed by atoms with Crippen LogP contribution in [0.4, 0.5) is 0 Å². The minimum atomic E-state index is -0.272. The number of rotatable bonds is 5. The van der Waals surface area contributed by atoms with E-state index in [2.05, 4.69) is 19.1 Å². The Kier molecular flexibility index (Phi) is 4.36. The second-order valence-electron chi connectivity index (χ2n) is 4.62. The molecule has 2 aromatic rings. The molecule has 0 saturated carbocycles. The molecule has 2 rings (SSSR count). The molecule has 1 aromatic heterocycles. The maximum atomic E-state index is 6.22. The van der Waals surface area contributed by atoms with Crippen molar-refractivity contribution in [2.75, 3.05) is 11.8 Å². The van der Waals surface area contributed by atoms with Crippen LogP contribution in [0.15, 0.2) is 47.1 Å². The summed E-state index contributed by atoms with van der Waals surface area (Å²) in [5, 5.41) is 0. The van der Waals surface area contributed by atoms with Crippen molar-refractivity contribution in [2.24, 2.45) is 0 Å². The second-order valence-corrected chi connectivity index (χ2v) is 5.15. The Morgan fingerprint density at radius 2 is 1.78 bits per heavy atom. The molecule has 3 heteroatoms. The Bertz CT molecular complexity index is 487. The quantitative estimate of drug-likeness (QED) is 0.734. The fraction of sp³-hybridized carbons (Fsp3) is 0.333. The van der Waals surface area contributed by atoms with E-state index in [4.69, 9.17) is 27.6 Å². The van der Waals surface area contributed by atoms with E-state index in [9.17, 15) is 0 Å². The molecule has 0 saturated heterocycles. The van der Waals surface area contributed by atoms with Crippen molar-refractivity contribution in [3.8, 4) is 0 Å². The topological polar surface area (TPSA) is 13.1 Å². The summed E-state index contributed by atoms with van der Waals surface area (Å²) in [5.41, 5.74) is 2.14. The number of hydrogen-bond acceptors (Lipinski definition) is 1. The van der Waals surface area contributed by atoms with Crippen molar-refractivity contribution < 1.29 is 4.42 Å². The van der Waals surface area contributed by atoms with Gasteiger partial charge in [0.15, 0.2) is 0 Å². The minimum Gasteiger partial charge on any atom is -0.469 e. The van der Waals surface area contributed by atoms with Crippen LogP contribution in [0, 0.1) is 6.92 Å². The molecule has 0 aliphatic heterocycles. The van der Waals surface area contributed by atoms with Crippen molar-refractivity contribution >= 4 is 23.2 Å². The van der Waals surface area contributed by atoms with Crippen molar-refractivity contribution in [1.82, 2.24) is 0 Å². The predicted octanol–water partition coefficient (Wildman–Crippen LogP) is 4.55. The predicted molar refractivity (Wildman–Crippen MR) is 76.7 cm³/mol. The smallest absolute Gasteiger partial charge is 0.104 e. The van der Waals surface area contributed by atoms with Gasteiger partial charge in [-0.15, -0.1) is 23.2 Å². The first-order valence-electron chi connectivity index (χ1n) is 5.92. The highest BCUT2D eigenvalue weighted by Crippen LogP contribution is 2.33. The SMILES string of the molecule is Cc1ccccc1C(CCl)(CCl)Cc1ccco1. The molecule has 0 spiro atoms. The Morgan fingerprint density at radius 1 is 1.06 bits per heavy atom. The summed E-state index contributed by atoms with van der Waals surface area (Å²) >= 11 is 12.4. The van der Waals surface area contributed by atoms with Gasteiger partial charge in [-0.2, -0.15) is 0 Å². The summed E-state index contributed by atoms with van der Waals surface area (Å²) < 4.78 is 5.44. The number of halogens is 2.